The highest BCUT2D eigenvalue weighted by atomic mass is 16.3. The third-order valence-electron chi connectivity index (χ3n) is 11.6. The van der Waals surface area contributed by atoms with Gasteiger partial charge in [0.05, 0.1) is 12.1 Å². The number of nitrogens with one attached hydrogen (secondary N) is 6. The van der Waals surface area contributed by atoms with Gasteiger partial charge < -0.3 is 48.1 Å². The molecule has 0 spiro atoms. The van der Waals surface area contributed by atoms with Gasteiger partial charge in [-0.2, -0.15) is 0 Å². The molecule has 66 heavy (non-hydrogen) atoms. The summed E-state index contributed by atoms with van der Waals surface area (Å²) in [5.41, 5.74) is 15.6. The van der Waals surface area contributed by atoms with Crippen molar-refractivity contribution in [2.45, 2.75) is 68.7 Å². The summed E-state index contributed by atoms with van der Waals surface area (Å²) in [5.74, 6) is -2.75. The van der Waals surface area contributed by atoms with Crippen molar-refractivity contribution in [3.05, 3.63) is 156 Å². The van der Waals surface area contributed by atoms with Crippen LogP contribution in [-0.4, -0.2) is 88.0 Å². The second-order valence-corrected chi connectivity index (χ2v) is 16.4. The fourth-order valence-corrected chi connectivity index (χ4v) is 7.92. The number of H-pyrrole nitrogens is 1. The Labute approximate surface area is 382 Å². The van der Waals surface area contributed by atoms with E-state index in [1.807, 2.05) is 133 Å². The second kappa shape index (κ2) is 22.3. The number of amides is 5. The van der Waals surface area contributed by atoms with E-state index in [1.54, 1.807) is 6.20 Å². The summed E-state index contributed by atoms with van der Waals surface area (Å²) >= 11 is 0. The molecule has 2 heterocycles. The minimum absolute atomic E-state index is 0.000724. The Morgan fingerprint density at radius 3 is 1.91 bits per heavy atom. The van der Waals surface area contributed by atoms with Gasteiger partial charge in [0.1, 0.15) is 36.0 Å². The number of carbonyl (C=O) groups is 5. The van der Waals surface area contributed by atoms with Crippen LogP contribution in [0.1, 0.15) is 36.0 Å². The number of hydrogen-bond donors (Lipinski definition) is 9. The molecule has 340 valence electrons. The van der Waals surface area contributed by atoms with E-state index >= 15 is 0 Å². The fourth-order valence-electron chi connectivity index (χ4n) is 7.92. The Hall–Kier alpha value is -7.62. The minimum atomic E-state index is -1.30. The van der Waals surface area contributed by atoms with Crippen LogP contribution in [0.2, 0.25) is 0 Å². The number of hydrogen-bond acceptors (Lipinski definition) is 9. The molecule has 7 rings (SSSR count). The molecule has 0 aliphatic carbocycles. The molecule has 5 atom stereocenters. The van der Waals surface area contributed by atoms with Crippen molar-refractivity contribution in [3.63, 3.8) is 0 Å². The van der Waals surface area contributed by atoms with Gasteiger partial charge in [-0.1, -0.05) is 109 Å². The number of unbranched alkanes of at least 4 members (excludes halogenated alkanes) is 1. The van der Waals surface area contributed by atoms with Crippen molar-refractivity contribution in [2.24, 2.45) is 11.5 Å². The summed E-state index contributed by atoms with van der Waals surface area (Å²) in [5, 5.41) is 27.9. The first kappa shape index (κ1) is 46.4. The first-order chi connectivity index (χ1) is 32.0. The number of nitrogens with two attached hydrogens (primary N) is 2. The van der Waals surface area contributed by atoms with Crippen LogP contribution in [0.3, 0.4) is 0 Å². The van der Waals surface area contributed by atoms with E-state index in [0.29, 0.717) is 24.9 Å². The van der Waals surface area contributed by atoms with Crippen LogP contribution < -0.4 is 38.1 Å². The van der Waals surface area contributed by atoms with E-state index in [-0.39, 0.29) is 25.7 Å². The number of para-hydroxylation sites is 2. The smallest absolute Gasteiger partial charge is 0.243 e. The number of aliphatic hydroxyl groups excluding tert-OH is 1. The molecule has 11 N–H and O–H groups in total. The molecule has 0 aliphatic rings. The molecular weight excluding hydrogens is 835 g/mol. The van der Waals surface area contributed by atoms with Crippen molar-refractivity contribution < 1.29 is 29.1 Å². The molecule has 7 aromatic rings. The van der Waals surface area contributed by atoms with Crippen LogP contribution in [0, 0.1) is 0 Å². The van der Waals surface area contributed by atoms with E-state index in [1.165, 1.54) is 0 Å². The zero-order valence-corrected chi connectivity index (χ0v) is 36.4. The molecule has 0 unspecified atom stereocenters. The highest BCUT2D eigenvalue weighted by Crippen LogP contribution is 2.21. The zero-order valence-electron chi connectivity index (χ0n) is 36.4. The number of carbonyl (C=O) groups excluding carboxylic acids is 5. The highest BCUT2D eigenvalue weighted by Gasteiger charge is 2.32. The summed E-state index contributed by atoms with van der Waals surface area (Å²) in [6, 6.07) is 35.7. The minimum Gasteiger partial charge on any atom is -0.394 e. The van der Waals surface area contributed by atoms with Gasteiger partial charge in [-0.3, -0.25) is 24.0 Å². The van der Waals surface area contributed by atoms with Gasteiger partial charge in [0.25, 0.3) is 0 Å². The number of pyridine rings is 1. The average molecular weight is 890 g/mol. The molecule has 0 radical (unpaired) electrons. The van der Waals surface area contributed by atoms with Crippen molar-refractivity contribution in [2.75, 3.05) is 18.5 Å². The predicted octanol–water partition coefficient (Wildman–Crippen LogP) is 3.92. The number of nitrogens with zero attached hydrogens (tertiary/aromatic N) is 1. The molecule has 5 aromatic carbocycles. The van der Waals surface area contributed by atoms with Gasteiger partial charge in [0.15, 0.2) is 0 Å². The third kappa shape index (κ3) is 12.3. The molecule has 0 bridgehead atoms. The Morgan fingerprint density at radius 2 is 1.18 bits per heavy atom. The summed E-state index contributed by atoms with van der Waals surface area (Å²) in [7, 11) is 0. The molecule has 15 heteroatoms. The molecule has 0 fully saturated rings. The third-order valence-corrected chi connectivity index (χ3v) is 11.6. The number of rotatable bonds is 22. The number of anilines is 1. The Bertz CT molecular complexity index is 2800. The maximum absolute atomic E-state index is 14.6. The van der Waals surface area contributed by atoms with Crippen LogP contribution in [0.25, 0.3) is 32.6 Å². The maximum atomic E-state index is 14.6. The summed E-state index contributed by atoms with van der Waals surface area (Å²) < 4.78 is 0. The van der Waals surface area contributed by atoms with Crippen LogP contribution in [0.5, 0.6) is 0 Å². The van der Waals surface area contributed by atoms with Gasteiger partial charge in [-0.05, 0) is 71.0 Å². The van der Waals surface area contributed by atoms with E-state index in [4.69, 9.17) is 11.5 Å². The average Bonchev–Trinajstić information content (AvgIpc) is 3.75. The topological polar surface area (TPSA) is 246 Å². The van der Waals surface area contributed by atoms with Crippen molar-refractivity contribution >= 4 is 67.9 Å². The maximum Gasteiger partial charge on any atom is 0.243 e. The monoisotopic (exact) mass is 889 g/mol. The van der Waals surface area contributed by atoms with E-state index in [2.05, 4.69) is 36.6 Å². The van der Waals surface area contributed by atoms with E-state index in [9.17, 15) is 29.1 Å². The standard InChI is InChI=1S/C51H55N9O6/c52-39(31-61)48(63)58-44(28-33-21-22-34-14-4-5-16-36(34)26-33)50(65)60-45(29-37-30-55-41-19-9-7-17-38(37)41)51(66)59-43(27-32-12-2-1-3-13-32)49(64)57-42(47(53)62)20-10-11-25-54-46-24-23-35-15-6-8-18-40(35)56-46/h1-9,12-19,21-24,26,30,39,42-45,55,61H,10-11,20,25,27-29,31,52H2,(H2,53,62)(H,54,56)(H,57,64)(H,58,63)(H,59,66)(H,60,65)/t39-,42+,43-,44-,45+/m1/s1. The first-order valence-electron chi connectivity index (χ1n) is 22.1. The SMILES string of the molecule is NC(=O)[C@H](CCCCNc1ccc2ccccc2n1)NC(=O)[C@@H](Cc1ccccc1)NC(=O)[C@H](Cc1c[nH]c2ccccc12)NC(=O)[C@@H](Cc1ccc2ccccc2c1)NC(=O)[C@H](N)CO. The number of benzene rings is 5. The van der Waals surface area contributed by atoms with Crippen LogP contribution in [0.4, 0.5) is 5.82 Å². The van der Waals surface area contributed by atoms with Gasteiger partial charge in [0, 0.05) is 48.3 Å². The van der Waals surface area contributed by atoms with Crippen LogP contribution >= 0.6 is 0 Å². The molecule has 0 aliphatic heterocycles. The number of aromatic amines is 1. The van der Waals surface area contributed by atoms with Crippen molar-refractivity contribution in [1.82, 2.24) is 31.2 Å². The lowest BCUT2D eigenvalue weighted by atomic mass is 9.99. The van der Waals surface area contributed by atoms with Crippen molar-refractivity contribution in [3.8, 4) is 0 Å². The Kier molecular flexibility index (Phi) is 15.7. The van der Waals surface area contributed by atoms with Gasteiger partial charge in [-0.25, -0.2) is 4.98 Å². The molecule has 0 saturated carbocycles. The molecular formula is C51H55N9O6. The number of primary amides is 1. The lowest BCUT2D eigenvalue weighted by Gasteiger charge is -2.27. The fraction of sp³-hybridized carbons (Fsp3) is 0.255. The number of fused-ring (bicyclic) bond motifs is 3. The molecule has 2 aromatic heterocycles. The lowest BCUT2D eigenvalue weighted by molar-refractivity contribution is -0.134. The van der Waals surface area contributed by atoms with Gasteiger partial charge in [-0.15, -0.1) is 0 Å². The predicted molar refractivity (Wildman–Crippen MR) is 256 cm³/mol. The normalized spacial score (nSPS) is 13.5. The molecule has 15 nitrogen and oxygen atoms in total. The molecule has 5 amide bonds. The van der Waals surface area contributed by atoms with Gasteiger partial charge in [0.2, 0.25) is 29.5 Å². The largest absolute Gasteiger partial charge is 0.394 e. The lowest BCUT2D eigenvalue weighted by Crippen LogP contribution is -2.60. The van der Waals surface area contributed by atoms with Crippen LogP contribution in [0.15, 0.2) is 140 Å². The van der Waals surface area contributed by atoms with Crippen LogP contribution in [-0.2, 0) is 43.2 Å². The zero-order chi connectivity index (χ0) is 46.4. The highest BCUT2D eigenvalue weighted by molar-refractivity contribution is 5.97. The summed E-state index contributed by atoms with van der Waals surface area (Å²) in [4.78, 5) is 77.0. The number of aromatic nitrogens is 2. The number of aliphatic hydroxyl groups is 1. The van der Waals surface area contributed by atoms with E-state index < -0.39 is 66.4 Å². The summed E-state index contributed by atoms with van der Waals surface area (Å²) in [6.45, 7) is -0.0771. The first-order valence-corrected chi connectivity index (χ1v) is 22.1. The Balaban J connectivity index is 1.09. The second-order valence-electron chi connectivity index (χ2n) is 16.4. The van der Waals surface area contributed by atoms with E-state index in [0.717, 1.165) is 49.5 Å². The van der Waals surface area contributed by atoms with Gasteiger partial charge >= 0.3 is 0 Å². The molecule has 0 saturated heterocycles. The quantitative estimate of drug-likeness (QED) is 0.0447. The Morgan fingerprint density at radius 1 is 0.591 bits per heavy atom. The summed E-state index contributed by atoms with van der Waals surface area (Å²) in [6.07, 6.45) is 3.30. The van der Waals surface area contributed by atoms with Crippen molar-refractivity contribution in [1.29, 1.82) is 0 Å².